The summed E-state index contributed by atoms with van der Waals surface area (Å²) in [6.45, 7) is 7.41. The number of hydrogen-bond donors (Lipinski definition) is 2. The third-order valence-corrected chi connectivity index (χ3v) is 2.80. The lowest BCUT2D eigenvalue weighted by Crippen LogP contribution is -2.35. The van der Waals surface area contributed by atoms with Gasteiger partial charge in [0.15, 0.2) is 5.84 Å². The highest BCUT2D eigenvalue weighted by Gasteiger charge is 2.14. The molecule has 0 saturated heterocycles. The fourth-order valence-corrected chi connectivity index (χ4v) is 1.83. The number of anilines is 1. The van der Waals surface area contributed by atoms with Crippen molar-refractivity contribution in [1.29, 1.82) is 0 Å². The monoisotopic (exact) mass is 266 g/mol. The van der Waals surface area contributed by atoms with Gasteiger partial charge in [-0.3, -0.25) is 0 Å². The molecule has 1 aromatic rings. The molecule has 106 valence electrons. The molecule has 0 spiro atoms. The Morgan fingerprint density at radius 2 is 2.21 bits per heavy atom. The Kier molecular flexibility index (Phi) is 5.57. The van der Waals surface area contributed by atoms with Crippen molar-refractivity contribution in [2.24, 2.45) is 10.9 Å². The smallest absolute Gasteiger partial charge is 0.170 e. The SMILES string of the molecule is COCCN(c1cc(/C(N)=N/O)cc(C)n1)C(C)C. The number of amidine groups is 1. The van der Waals surface area contributed by atoms with Crippen LogP contribution in [0, 0.1) is 6.92 Å². The zero-order chi connectivity index (χ0) is 14.4. The molecule has 1 heterocycles. The highest BCUT2D eigenvalue weighted by Crippen LogP contribution is 2.17. The van der Waals surface area contributed by atoms with Crippen LogP contribution in [-0.2, 0) is 4.74 Å². The largest absolute Gasteiger partial charge is 0.409 e. The van der Waals surface area contributed by atoms with Crippen molar-refractivity contribution >= 4 is 11.7 Å². The Labute approximate surface area is 113 Å². The van der Waals surface area contributed by atoms with Crippen molar-refractivity contribution in [3.05, 3.63) is 23.4 Å². The summed E-state index contributed by atoms with van der Waals surface area (Å²) in [5.41, 5.74) is 7.12. The summed E-state index contributed by atoms with van der Waals surface area (Å²) >= 11 is 0. The van der Waals surface area contributed by atoms with E-state index in [0.29, 0.717) is 12.2 Å². The van der Waals surface area contributed by atoms with Gasteiger partial charge in [-0.05, 0) is 32.9 Å². The fourth-order valence-electron chi connectivity index (χ4n) is 1.83. The zero-order valence-corrected chi connectivity index (χ0v) is 11.9. The molecular formula is C13H22N4O2. The molecule has 0 aliphatic carbocycles. The van der Waals surface area contributed by atoms with E-state index in [1.54, 1.807) is 13.2 Å². The number of methoxy groups -OCH3 is 1. The highest BCUT2D eigenvalue weighted by molar-refractivity contribution is 5.97. The van der Waals surface area contributed by atoms with Gasteiger partial charge in [0.25, 0.3) is 0 Å². The van der Waals surface area contributed by atoms with Crippen molar-refractivity contribution in [2.75, 3.05) is 25.2 Å². The Balaban J connectivity index is 3.12. The van der Waals surface area contributed by atoms with Crippen LogP contribution in [0.2, 0.25) is 0 Å². The lowest BCUT2D eigenvalue weighted by molar-refractivity contribution is 0.203. The molecule has 0 amide bonds. The summed E-state index contributed by atoms with van der Waals surface area (Å²) in [5, 5.41) is 11.8. The van der Waals surface area contributed by atoms with E-state index in [1.165, 1.54) is 0 Å². The predicted molar refractivity (Wildman–Crippen MR) is 75.8 cm³/mol. The van der Waals surface area contributed by atoms with Crippen molar-refractivity contribution in [1.82, 2.24) is 4.98 Å². The molecule has 0 saturated carbocycles. The van der Waals surface area contributed by atoms with Crippen LogP contribution in [0.25, 0.3) is 0 Å². The number of hydrogen-bond acceptors (Lipinski definition) is 5. The number of oxime groups is 1. The first kappa shape index (κ1) is 15.2. The zero-order valence-electron chi connectivity index (χ0n) is 11.9. The van der Waals surface area contributed by atoms with Crippen LogP contribution in [-0.4, -0.2) is 42.3 Å². The third-order valence-electron chi connectivity index (χ3n) is 2.80. The number of nitrogens with two attached hydrogens (primary N) is 1. The second kappa shape index (κ2) is 6.94. The Bertz CT molecular complexity index is 446. The molecule has 6 nitrogen and oxygen atoms in total. The van der Waals surface area contributed by atoms with Crippen molar-refractivity contribution in [2.45, 2.75) is 26.8 Å². The van der Waals surface area contributed by atoms with E-state index in [4.69, 9.17) is 15.7 Å². The molecule has 0 aromatic carbocycles. The minimum Gasteiger partial charge on any atom is -0.409 e. The lowest BCUT2D eigenvalue weighted by atomic mass is 10.2. The van der Waals surface area contributed by atoms with E-state index in [2.05, 4.69) is 28.9 Å². The highest BCUT2D eigenvalue weighted by atomic mass is 16.5. The van der Waals surface area contributed by atoms with Crippen LogP contribution < -0.4 is 10.6 Å². The first-order valence-electron chi connectivity index (χ1n) is 6.21. The van der Waals surface area contributed by atoms with E-state index >= 15 is 0 Å². The molecule has 0 atom stereocenters. The van der Waals surface area contributed by atoms with Gasteiger partial charge in [-0.15, -0.1) is 0 Å². The lowest BCUT2D eigenvalue weighted by Gasteiger charge is -2.28. The summed E-state index contributed by atoms with van der Waals surface area (Å²) in [5.74, 6) is 0.885. The van der Waals surface area contributed by atoms with E-state index in [1.807, 2.05) is 13.0 Å². The Hall–Kier alpha value is -1.82. The number of ether oxygens (including phenoxy) is 1. The van der Waals surface area contributed by atoms with Crippen LogP contribution in [0.4, 0.5) is 5.82 Å². The van der Waals surface area contributed by atoms with Gasteiger partial charge in [0.05, 0.1) is 6.61 Å². The first-order chi connectivity index (χ1) is 8.99. The van der Waals surface area contributed by atoms with Gasteiger partial charge in [0, 0.05) is 31.0 Å². The standard InChI is InChI=1S/C13H22N4O2/c1-9(2)17(5-6-19-4)12-8-11(13(14)16-18)7-10(3)15-12/h7-9,18H,5-6H2,1-4H3,(H2,14,16). The third kappa shape index (κ3) is 4.10. The minimum absolute atomic E-state index is 0.0854. The summed E-state index contributed by atoms with van der Waals surface area (Å²) in [7, 11) is 1.67. The maximum Gasteiger partial charge on any atom is 0.170 e. The molecule has 0 aliphatic heterocycles. The number of rotatable bonds is 6. The number of aryl methyl sites for hydroxylation is 1. The molecule has 19 heavy (non-hydrogen) atoms. The Morgan fingerprint density at radius 3 is 2.74 bits per heavy atom. The van der Waals surface area contributed by atoms with E-state index < -0.39 is 0 Å². The summed E-state index contributed by atoms with van der Waals surface area (Å²) in [6, 6.07) is 3.88. The van der Waals surface area contributed by atoms with Crippen molar-refractivity contribution in [3.8, 4) is 0 Å². The molecular weight excluding hydrogens is 244 g/mol. The van der Waals surface area contributed by atoms with Gasteiger partial charge in [0.1, 0.15) is 5.82 Å². The van der Waals surface area contributed by atoms with Gasteiger partial charge < -0.3 is 20.6 Å². The van der Waals surface area contributed by atoms with E-state index in [9.17, 15) is 0 Å². The molecule has 6 heteroatoms. The second-order valence-electron chi connectivity index (χ2n) is 4.62. The van der Waals surface area contributed by atoms with Crippen molar-refractivity contribution in [3.63, 3.8) is 0 Å². The average molecular weight is 266 g/mol. The molecule has 0 fully saturated rings. The van der Waals surface area contributed by atoms with Crippen LogP contribution in [0.3, 0.4) is 0 Å². The number of aromatic nitrogens is 1. The van der Waals surface area contributed by atoms with E-state index in [-0.39, 0.29) is 11.9 Å². The quantitative estimate of drug-likeness (QED) is 0.351. The first-order valence-corrected chi connectivity index (χ1v) is 6.21. The topological polar surface area (TPSA) is 84.0 Å². The van der Waals surface area contributed by atoms with Crippen molar-refractivity contribution < 1.29 is 9.94 Å². The summed E-state index contributed by atoms with van der Waals surface area (Å²) < 4.78 is 5.12. The van der Waals surface area contributed by atoms with E-state index in [0.717, 1.165) is 18.1 Å². The normalized spacial score (nSPS) is 11.9. The summed E-state index contributed by atoms with van der Waals surface area (Å²) in [4.78, 5) is 6.62. The molecule has 1 aromatic heterocycles. The predicted octanol–water partition coefficient (Wildman–Crippen LogP) is 1.35. The van der Waals surface area contributed by atoms with Crippen LogP contribution >= 0.6 is 0 Å². The molecule has 0 bridgehead atoms. The summed E-state index contributed by atoms with van der Waals surface area (Å²) in [6.07, 6.45) is 0. The molecule has 0 radical (unpaired) electrons. The fraction of sp³-hybridized carbons (Fsp3) is 0.538. The molecule has 3 N–H and O–H groups in total. The van der Waals surface area contributed by atoms with Gasteiger partial charge in [0.2, 0.25) is 0 Å². The number of nitrogens with zero attached hydrogens (tertiary/aromatic N) is 3. The minimum atomic E-state index is 0.0854. The van der Waals surface area contributed by atoms with Crippen LogP contribution in [0.1, 0.15) is 25.1 Å². The second-order valence-corrected chi connectivity index (χ2v) is 4.62. The molecule has 0 unspecified atom stereocenters. The molecule has 1 rings (SSSR count). The molecule has 0 aliphatic rings. The maximum atomic E-state index is 8.77. The van der Waals surface area contributed by atoms with Gasteiger partial charge in [-0.2, -0.15) is 0 Å². The Morgan fingerprint density at radius 1 is 1.53 bits per heavy atom. The van der Waals surface area contributed by atoms with Gasteiger partial charge in [-0.25, -0.2) is 4.98 Å². The van der Waals surface area contributed by atoms with Crippen LogP contribution in [0.15, 0.2) is 17.3 Å². The van der Waals surface area contributed by atoms with Gasteiger partial charge >= 0.3 is 0 Å². The maximum absolute atomic E-state index is 8.77. The van der Waals surface area contributed by atoms with Crippen LogP contribution in [0.5, 0.6) is 0 Å². The average Bonchev–Trinajstić information content (AvgIpc) is 2.37. The van der Waals surface area contributed by atoms with Gasteiger partial charge in [-0.1, -0.05) is 5.16 Å². The number of pyridine rings is 1.